The quantitative estimate of drug-likeness (QED) is 0.517. The van der Waals surface area contributed by atoms with Crippen molar-refractivity contribution in [1.82, 2.24) is 19.6 Å². The van der Waals surface area contributed by atoms with E-state index < -0.39 is 0 Å². The molecule has 0 amide bonds. The predicted octanol–water partition coefficient (Wildman–Crippen LogP) is 3.94. The first-order valence-electron chi connectivity index (χ1n) is 10.4. The van der Waals surface area contributed by atoms with Crippen molar-refractivity contribution in [3.8, 4) is 11.6 Å². The molecule has 1 saturated heterocycles. The number of fused-ring (bicyclic) bond motifs is 1. The molecule has 0 N–H and O–H groups in total. The Morgan fingerprint density at radius 1 is 0.900 bits per heavy atom. The normalized spacial score (nSPS) is 14.7. The molecular formula is C23H26N6O. The van der Waals surface area contributed by atoms with Crippen LogP contribution in [0.3, 0.4) is 0 Å². The number of benzene rings is 1. The van der Waals surface area contributed by atoms with Gasteiger partial charge in [0.05, 0.1) is 6.26 Å². The first kappa shape index (κ1) is 18.7. The maximum Gasteiger partial charge on any atom is 0.255 e. The van der Waals surface area contributed by atoms with E-state index in [4.69, 9.17) is 9.52 Å². The van der Waals surface area contributed by atoms with E-state index in [-0.39, 0.29) is 0 Å². The second-order valence-electron chi connectivity index (χ2n) is 8.03. The monoisotopic (exact) mass is 402 g/mol. The van der Waals surface area contributed by atoms with Gasteiger partial charge in [-0.15, -0.1) is 5.10 Å². The van der Waals surface area contributed by atoms with Gasteiger partial charge in [0.2, 0.25) is 5.82 Å². The largest absolute Gasteiger partial charge is 0.461 e. The van der Waals surface area contributed by atoms with Crippen molar-refractivity contribution < 1.29 is 4.42 Å². The summed E-state index contributed by atoms with van der Waals surface area (Å²) in [6, 6.07) is 10.4. The molecule has 0 aliphatic carbocycles. The van der Waals surface area contributed by atoms with E-state index in [0.717, 1.165) is 43.3 Å². The molecule has 0 bridgehead atoms. The van der Waals surface area contributed by atoms with Gasteiger partial charge in [0.25, 0.3) is 5.78 Å². The second-order valence-corrected chi connectivity index (χ2v) is 8.03. The minimum absolute atomic E-state index is 0.563. The van der Waals surface area contributed by atoms with Gasteiger partial charge in [-0.25, -0.2) is 4.98 Å². The van der Waals surface area contributed by atoms with Crippen molar-refractivity contribution in [3.05, 3.63) is 59.0 Å². The Balaban J connectivity index is 1.48. The Kier molecular flexibility index (Phi) is 4.46. The van der Waals surface area contributed by atoms with Gasteiger partial charge in [-0.3, -0.25) is 0 Å². The highest BCUT2D eigenvalue weighted by Crippen LogP contribution is 2.28. The highest BCUT2D eigenvalue weighted by atomic mass is 16.3. The molecule has 0 spiro atoms. The van der Waals surface area contributed by atoms with Gasteiger partial charge in [-0.1, -0.05) is 12.1 Å². The first-order chi connectivity index (χ1) is 14.5. The predicted molar refractivity (Wildman–Crippen MR) is 118 cm³/mol. The van der Waals surface area contributed by atoms with Crippen molar-refractivity contribution in [1.29, 1.82) is 0 Å². The molecule has 1 aliphatic rings. The van der Waals surface area contributed by atoms with Crippen molar-refractivity contribution in [2.24, 2.45) is 0 Å². The SMILES string of the molecule is Cc1ccc(C)c(N2CCN(c3c(C)c(C)nc4nc(-c5ccco5)nn34)CC2)c1. The van der Waals surface area contributed by atoms with Crippen LogP contribution in [0.2, 0.25) is 0 Å². The molecule has 5 rings (SSSR count). The number of aryl methyl sites for hydroxylation is 3. The first-order valence-corrected chi connectivity index (χ1v) is 10.4. The fraction of sp³-hybridized carbons (Fsp3) is 0.348. The molecule has 1 aliphatic heterocycles. The van der Waals surface area contributed by atoms with E-state index in [1.54, 1.807) is 6.26 Å². The maximum absolute atomic E-state index is 5.49. The molecule has 3 aromatic heterocycles. The van der Waals surface area contributed by atoms with Crippen molar-refractivity contribution in [3.63, 3.8) is 0 Å². The number of piperazine rings is 1. The molecule has 4 aromatic rings. The fourth-order valence-electron chi connectivity index (χ4n) is 4.17. The van der Waals surface area contributed by atoms with E-state index in [1.807, 2.05) is 23.6 Å². The summed E-state index contributed by atoms with van der Waals surface area (Å²) in [5.74, 6) is 2.90. The van der Waals surface area contributed by atoms with Gasteiger partial charge in [-0.2, -0.15) is 9.50 Å². The number of nitrogens with zero attached hydrogens (tertiary/aromatic N) is 6. The number of furan rings is 1. The summed E-state index contributed by atoms with van der Waals surface area (Å²) in [4.78, 5) is 14.1. The second kappa shape index (κ2) is 7.16. The lowest BCUT2D eigenvalue weighted by atomic mass is 10.1. The van der Waals surface area contributed by atoms with Crippen LogP contribution in [-0.4, -0.2) is 45.8 Å². The summed E-state index contributed by atoms with van der Waals surface area (Å²) < 4.78 is 7.36. The lowest BCUT2D eigenvalue weighted by molar-refractivity contribution is 0.577. The Labute approximate surface area is 176 Å². The fourth-order valence-corrected chi connectivity index (χ4v) is 4.17. The van der Waals surface area contributed by atoms with Crippen LogP contribution >= 0.6 is 0 Å². The average Bonchev–Trinajstić information content (AvgIpc) is 3.41. The van der Waals surface area contributed by atoms with Gasteiger partial charge in [0.1, 0.15) is 5.82 Å². The number of hydrogen-bond donors (Lipinski definition) is 0. The van der Waals surface area contributed by atoms with E-state index in [2.05, 4.69) is 58.7 Å². The van der Waals surface area contributed by atoms with Crippen molar-refractivity contribution in [2.75, 3.05) is 36.0 Å². The van der Waals surface area contributed by atoms with Crippen LogP contribution in [0.4, 0.5) is 11.5 Å². The van der Waals surface area contributed by atoms with Crippen LogP contribution in [0.15, 0.2) is 41.0 Å². The summed E-state index contributed by atoms with van der Waals surface area (Å²) in [7, 11) is 0. The number of anilines is 2. The van der Waals surface area contributed by atoms with Crippen LogP contribution in [0.1, 0.15) is 22.4 Å². The van der Waals surface area contributed by atoms with Gasteiger partial charge < -0.3 is 14.2 Å². The zero-order valence-corrected chi connectivity index (χ0v) is 17.9. The molecule has 1 fully saturated rings. The Hall–Kier alpha value is -3.35. The Morgan fingerprint density at radius 2 is 1.67 bits per heavy atom. The van der Waals surface area contributed by atoms with Gasteiger partial charge >= 0.3 is 0 Å². The van der Waals surface area contributed by atoms with Crippen LogP contribution in [0.5, 0.6) is 0 Å². The number of rotatable bonds is 3. The highest BCUT2D eigenvalue weighted by Gasteiger charge is 2.24. The summed E-state index contributed by atoms with van der Waals surface area (Å²) in [6.45, 7) is 12.3. The third-order valence-electron chi connectivity index (χ3n) is 5.96. The topological polar surface area (TPSA) is 62.7 Å². The molecule has 1 aromatic carbocycles. The molecule has 30 heavy (non-hydrogen) atoms. The van der Waals surface area contributed by atoms with E-state index in [9.17, 15) is 0 Å². The Bertz CT molecular complexity index is 1200. The molecule has 4 heterocycles. The van der Waals surface area contributed by atoms with Crippen LogP contribution in [0.25, 0.3) is 17.4 Å². The molecule has 0 atom stereocenters. The van der Waals surface area contributed by atoms with E-state index >= 15 is 0 Å². The smallest absolute Gasteiger partial charge is 0.255 e. The minimum atomic E-state index is 0.563. The third-order valence-corrected chi connectivity index (χ3v) is 5.96. The molecule has 154 valence electrons. The average molecular weight is 403 g/mol. The standard InChI is InChI=1S/C23H26N6O/c1-15-7-8-16(2)19(14-15)27-9-11-28(12-10-27)22-17(3)18(4)24-23-25-21(26-29(22)23)20-6-5-13-30-20/h5-8,13-14H,9-12H2,1-4H3. The zero-order chi connectivity index (χ0) is 20.8. The number of hydrogen-bond acceptors (Lipinski definition) is 6. The van der Waals surface area contributed by atoms with E-state index in [0.29, 0.717) is 17.4 Å². The summed E-state index contributed by atoms with van der Waals surface area (Å²) in [6.07, 6.45) is 1.64. The zero-order valence-electron chi connectivity index (χ0n) is 17.9. The maximum atomic E-state index is 5.49. The summed E-state index contributed by atoms with van der Waals surface area (Å²) in [5.41, 5.74) is 6.08. The lowest BCUT2D eigenvalue weighted by Gasteiger charge is -2.38. The van der Waals surface area contributed by atoms with Crippen molar-refractivity contribution in [2.45, 2.75) is 27.7 Å². The van der Waals surface area contributed by atoms with E-state index in [1.165, 1.54) is 16.8 Å². The summed E-state index contributed by atoms with van der Waals surface area (Å²) in [5, 5.41) is 4.73. The van der Waals surface area contributed by atoms with Crippen molar-refractivity contribution >= 4 is 17.3 Å². The lowest BCUT2D eigenvalue weighted by Crippen LogP contribution is -2.47. The van der Waals surface area contributed by atoms with Crippen LogP contribution in [-0.2, 0) is 0 Å². The molecule has 7 nitrogen and oxygen atoms in total. The van der Waals surface area contributed by atoms with Crippen LogP contribution < -0.4 is 9.80 Å². The molecule has 0 saturated carbocycles. The third kappa shape index (κ3) is 3.10. The Morgan fingerprint density at radius 3 is 2.40 bits per heavy atom. The molecule has 0 unspecified atom stereocenters. The van der Waals surface area contributed by atoms with Gasteiger partial charge in [-0.05, 0) is 57.0 Å². The highest BCUT2D eigenvalue weighted by molar-refractivity contribution is 5.60. The van der Waals surface area contributed by atoms with Gasteiger partial charge in [0, 0.05) is 43.1 Å². The molecule has 0 radical (unpaired) electrons. The van der Waals surface area contributed by atoms with Crippen LogP contribution in [0, 0.1) is 27.7 Å². The number of aromatic nitrogens is 4. The summed E-state index contributed by atoms with van der Waals surface area (Å²) >= 11 is 0. The van der Waals surface area contributed by atoms with Gasteiger partial charge in [0.15, 0.2) is 5.76 Å². The molecular weight excluding hydrogens is 376 g/mol. The molecule has 7 heteroatoms. The minimum Gasteiger partial charge on any atom is -0.461 e.